The van der Waals surface area contributed by atoms with Gasteiger partial charge in [0.2, 0.25) is 0 Å². The number of unbranched alkanes of at least 4 members (excludes halogenated alkanes) is 15. The molecular weight excluding hydrogens is 691 g/mol. The summed E-state index contributed by atoms with van der Waals surface area (Å²) in [6, 6.07) is 0. The molecule has 53 heavy (non-hydrogen) atoms. The zero-order valence-electron chi connectivity index (χ0n) is 33.7. The van der Waals surface area contributed by atoms with Gasteiger partial charge in [-0.15, -0.1) is 0 Å². The zero-order chi connectivity index (χ0) is 39.3. The Morgan fingerprint density at radius 3 is 1.62 bits per heavy atom. The summed E-state index contributed by atoms with van der Waals surface area (Å²) in [6.45, 7) is 5.83. The number of esters is 2. The maximum absolute atomic E-state index is 12.4. The van der Waals surface area contributed by atoms with Crippen LogP contribution in [0.25, 0.3) is 0 Å². The van der Waals surface area contributed by atoms with Crippen LogP contribution in [0.15, 0.2) is 48.6 Å². The molecule has 3 N–H and O–H groups in total. The molecule has 0 aromatic carbocycles. The second-order valence-corrected chi connectivity index (χ2v) is 15.9. The maximum Gasteiger partial charge on any atom is 0.469 e. The third-order valence-electron chi connectivity index (χ3n) is 8.85. The number of phosphoric acid groups is 1. The van der Waals surface area contributed by atoms with Crippen molar-refractivity contribution in [2.24, 2.45) is 5.92 Å². The Morgan fingerprint density at radius 2 is 1.09 bits per heavy atom. The van der Waals surface area contributed by atoms with Gasteiger partial charge in [0.25, 0.3) is 0 Å². The van der Waals surface area contributed by atoms with Gasteiger partial charge in [-0.25, -0.2) is 4.57 Å². The molecule has 9 nitrogen and oxygen atoms in total. The third-order valence-corrected chi connectivity index (χ3v) is 9.33. The van der Waals surface area contributed by atoms with E-state index in [0.29, 0.717) is 19.3 Å². The van der Waals surface area contributed by atoms with Crippen LogP contribution in [0.4, 0.5) is 0 Å². The molecule has 0 saturated carbocycles. The van der Waals surface area contributed by atoms with E-state index in [-0.39, 0.29) is 25.6 Å². The van der Waals surface area contributed by atoms with Crippen molar-refractivity contribution in [3.63, 3.8) is 0 Å². The van der Waals surface area contributed by atoms with Crippen molar-refractivity contribution >= 4 is 19.8 Å². The average Bonchev–Trinajstić information content (AvgIpc) is 3.11. The molecule has 10 heteroatoms. The van der Waals surface area contributed by atoms with Gasteiger partial charge in [0.1, 0.15) is 6.61 Å². The van der Waals surface area contributed by atoms with E-state index in [1.165, 1.54) is 77.0 Å². The van der Waals surface area contributed by atoms with Gasteiger partial charge >= 0.3 is 19.8 Å². The van der Waals surface area contributed by atoms with Crippen LogP contribution in [-0.4, -0.2) is 52.3 Å². The van der Waals surface area contributed by atoms with Gasteiger partial charge < -0.3 is 24.4 Å². The molecule has 0 heterocycles. The fourth-order valence-electron chi connectivity index (χ4n) is 5.69. The number of carbonyl (C=O) groups is 2. The minimum atomic E-state index is -4.78. The molecule has 0 aromatic heterocycles. The second kappa shape index (κ2) is 36.9. The van der Waals surface area contributed by atoms with Crippen molar-refractivity contribution in [2.45, 2.75) is 193 Å². The van der Waals surface area contributed by atoms with E-state index < -0.39 is 32.5 Å². The summed E-state index contributed by atoms with van der Waals surface area (Å²) < 4.78 is 26.3. The van der Waals surface area contributed by atoms with Crippen LogP contribution in [0, 0.1) is 5.92 Å². The van der Waals surface area contributed by atoms with Crippen LogP contribution in [-0.2, 0) is 28.2 Å². The summed E-state index contributed by atoms with van der Waals surface area (Å²) in [5, 5.41) is 9.79. The lowest BCUT2D eigenvalue weighted by Gasteiger charge is -2.18. The number of allylic oxidation sites excluding steroid dienone is 7. The molecule has 0 aliphatic carbocycles. The van der Waals surface area contributed by atoms with Crippen LogP contribution in [0.2, 0.25) is 0 Å². The summed E-state index contributed by atoms with van der Waals surface area (Å²) in [7, 11) is -4.78. The Morgan fingerprint density at radius 1 is 0.604 bits per heavy atom. The summed E-state index contributed by atoms with van der Waals surface area (Å²) >= 11 is 0. The summed E-state index contributed by atoms with van der Waals surface area (Å²) in [4.78, 5) is 42.8. The highest BCUT2D eigenvalue weighted by Crippen LogP contribution is 2.36. The Hall–Kier alpha value is -2.03. The molecule has 2 atom stereocenters. The quantitative estimate of drug-likeness (QED) is 0.0244. The van der Waals surface area contributed by atoms with Crippen molar-refractivity contribution < 1.29 is 43.0 Å². The van der Waals surface area contributed by atoms with Gasteiger partial charge in [-0.1, -0.05) is 172 Å². The topological polar surface area (TPSA) is 140 Å². The van der Waals surface area contributed by atoms with Crippen molar-refractivity contribution in [2.75, 3.05) is 13.2 Å². The van der Waals surface area contributed by atoms with Gasteiger partial charge in [0.15, 0.2) is 6.10 Å². The minimum absolute atomic E-state index is 0.119. The van der Waals surface area contributed by atoms with Gasteiger partial charge in [0, 0.05) is 12.8 Å². The highest BCUT2D eigenvalue weighted by molar-refractivity contribution is 7.46. The first-order chi connectivity index (χ1) is 25.5. The Labute approximate surface area is 323 Å². The van der Waals surface area contributed by atoms with E-state index in [9.17, 15) is 19.3 Å². The van der Waals surface area contributed by atoms with Gasteiger partial charge in [0.05, 0.1) is 12.7 Å². The SMILES string of the molecule is CCCC[C@@H](O)/C=C\C/C=C\C/C=C\C/C=C\CCCC(=O)O[C@H](COC(=O)CCCCCCCCCCCCCCCCC(C)C)COP(=O)(O)O. The molecule has 0 spiro atoms. The summed E-state index contributed by atoms with van der Waals surface area (Å²) in [5.74, 6) is -0.145. The van der Waals surface area contributed by atoms with E-state index in [1.54, 1.807) is 0 Å². The molecule has 0 unspecified atom stereocenters. The number of rotatable bonds is 37. The van der Waals surface area contributed by atoms with Gasteiger partial charge in [-0.3, -0.25) is 14.1 Å². The van der Waals surface area contributed by atoms with E-state index in [1.807, 2.05) is 24.3 Å². The zero-order valence-corrected chi connectivity index (χ0v) is 34.6. The molecular formula is C43H77O9P. The lowest BCUT2D eigenvalue weighted by atomic mass is 10.0. The first kappa shape index (κ1) is 51.0. The van der Waals surface area contributed by atoms with E-state index in [0.717, 1.165) is 57.3 Å². The minimum Gasteiger partial charge on any atom is -0.462 e. The monoisotopic (exact) mass is 769 g/mol. The Bertz CT molecular complexity index is 1030. The largest absolute Gasteiger partial charge is 0.469 e. The third kappa shape index (κ3) is 41.0. The predicted molar refractivity (Wildman–Crippen MR) is 217 cm³/mol. The first-order valence-corrected chi connectivity index (χ1v) is 22.4. The lowest BCUT2D eigenvalue weighted by molar-refractivity contribution is -0.161. The highest BCUT2D eigenvalue weighted by Gasteiger charge is 2.22. The molecule has 0 saturated heterocycles. The van der Waals surface area contributed by atoms with E-state index >= 15 is 0 Å². The molecule has 0 aliphatic rings. The fraction of sp³-hybridized carbons (Fsp3) is 0.767. The van der Waals surface area contributed by atoms with Crippen molar-refractivity contribution in [3.8, 4) is 0 Å². The highest BCUT2D eigenvalue weighted by atomic mass is 31.2. The molecule has 0 amide bonds. The van der Waals surface area contributed by atoms with Crippen molar-refractivity contribution in [3.05, 3.63) is 48.6 Å². The first-order valence-electron chi connectivity index (χ1n) is 20.9. The normalized spacial score (nSPS) is 13.6. The van der Waals surface area contributed by atoms with Crippen LogP contribution < -0.4 is 0 Å². The number of hydrogen-bond donors (Lipinski definition) is 3. The number of carbonyl (C=O) groups excluding carboxylic acids is 2. The summed E-state index contributed by atoms with van der Waals surface area (Å²) in [5.41, 5.74) is 0. The summed E-state index contributed by atoms with van der Waals surface area (Å²) in [6.07, 6.45) is 40.3. The van der Waals surface area contributed by atoms with Gasteiger partial charge in [-0.2, -0.15) is 0 Å². The van der Waals surface area contributed by atoms with Gasteiger partial charge in [-0.05, 0) is 50.9 Å². The Kier molecular flexibility index (Phi) is 35.5. The average molecular weight is 769 g/mol. The number of ether oxygens (including phenoxy) is 2. The van der Waals surface area contributed by atoms with Crippen molar-refractivity contribution in [1.82, 2.24) is 0 Å². The molecule has 0 bridgehead atoms. The fourth-order valence-corrected chi connectivity index (χ4v) is 6.05. The van der Waals surface area contributed by atoms with Crippen LogP contribution >= 0.6 is 7.82 Å². The Balaban J connectivity index is 4.04. The molecule has 0 fully saturated rings. The second-order valence-electron chi connectivity index (χ2n) is 14.6. The maximum atomic E-state index is 12.4. The molecule has 308 valence electrons. The van der Waals surface area contributed by atoms with E-state index in [4.69, 9.17) is 19.3 Å². The van der Waals surface area contributed by atoms with Crippen LogP contribution in [0.3, 0.4) is 0 Å². The molecule has 0 radical (unpaired) electrons. The number of phosphoric ester groups is 1. The molecule has 0 aliphatic heterocycles. The lowest BCUT2D eigenvalue weighted by Crippen LogP contribution is -2.29. The predicted octanol–water partition coefficient (Wildman–Crippen LogP) is 11.6. The number of aliphatic hydroxyl groups excluding tert-OH is 1. The smallest absolute Gasteiger partial charge is 0.462 e. The molecule has 0 aromatic rings. The standard InChI is InChI=1S/C43H77O9P/c1-4-5-33-40(44)34-29-25-21-17-13-10-11-15-19-23-27-31-36-43(46)52-41(38-51-53(47,48)49)37-50-42(45)35-30-26-22-18-14-9-7-6-8-12-16-20-24-28-32-39(2)3/h10-11,17,19,21,23,29,34,39-41,44H,4-9,12-16,18,20,22,24-28,30-33,35-38H2,1-3H3,(H2,47,48,49)/b11-10-,21-17-,23-19-,34-29-/t40-,41-/m1/s1. The molecule has 0 rings (SSSR count). The van der Waals surface area contributed by atoms with Crippen molar-refractivity contribution in [1.29, 1.82) is 0 Å². The number of aliphatic hydroxyl groups is 1. The number of hydrogen-bond acceptors (Lipinski definition) is 7. The van der Waals surface area contributed by atoms with Crippen LogP contribution in [0.5, 0.6) is 0 Å². The van der Waals surface area contributed by atoms with E-state index in [2.05, 4.69) is 49.6 Å². The van der Waals surface area contributed by atoms with Crippen LogP contribution in [0.1, 0.15) is 181 Å².